The van der Waals surface area contributed by atoms with Crippen LogP contribution < -0.4 is 28.6 Å². The van der Waals surface area contributed by atoms with Crippen LogP contribution in [0.5, 0.6) is 23.0 Å². The van der Waals surface area contributed by atoms with Crippen molar-refractivity contribution in [1.29, 1.82) is 0 Å². The fourth-order valence-corrected chi connectivity index (χ4v) is 6.39. The van der Waals surface area contributed by atoms with E-state index in [-0.39, 0.29) is 34.5 Å². The standard InChI is InChI=1S/C34H45N3O8S/c1-10-27(33(39)35-34(3,4)5)36(21-24-14-12-11-13-23(24)2)32(38)22-37(28-19-25(42-6)15-17-29(28)43-7)46(40,41)26-16-18-30(44-8)31(20-26)45-9/h11-20,27H,10,21-22H2,1-9H3,(H,35,39)/t27-/m1/s1. The highest BCUT2D eigenvalue weighted by molar-refractivity contribution is 7.92. The quantitative estimate of drug-likeness (QED) is 0.259. The van der Waals surface area contributed by atoms with Gasteiger partial charge in [0, 0.05) is 24.2 Å². The first-order valence-electron chi connectivity index (χ1n) is 14.8. The molecule has 0 saturated carbocycles. The Hall–Kier alpha value is -4.45. The molecule has 0 aromatic heterocycles. The predicted octanol–water partition coefficient (Wildman–Crippen LogP) is 4.95. The SMILES string of the molecule is CC[C@H](C(=O)NC(C)(C)C)N(Cc1ccccc1C)C(=O)CN(c1cc(OC)ccc1OC)S(=O)(=O)c1ccc(OC)c(OC)c1. The van der Waals surface area contributed by atoms with Gasteiger partial charge in [-0.3, -0.25) is 13.9 Å². The number of anilines is 1. The summed E-state index contributed by atoms with van der Waals surface area (Å²) in [4.78, 5) is 29.4. The summed E-state index contributed by atoms with van der Waals surface area (Å²) in [7, 11) is 1.26. The Morgan fingerprint density at radius 1 is 0.848 bits per heavy atom. The van der Waals surface area contributed by atoms with Gasteiger partial charge in [-0.1, -0.05) is 31.2 Å². The number of amides is 2. The molecule has 2 amide bonds. The Morgan fingerprint density at radius 2 is 1.48 bits per heavy atom. The average Bonchev–Trinajstić information content (AvgIpc) is 3.02. The van der Waals surface area contributed by atoms with Crippen molar-refractivity contribution in [2.75, 3.05) is 39.3 Å². The molecule has 0 heterocycles. The number of hydrogen-bond donors (Lipinski definition) is 1. The van der Waals surface area contributed by atoms with Gasteiger partial charge in [-0.25, -0.2) is 8.42 Å². The van der Waals surface area contributed by atoms with E-state index in [0.717, 1.165) is 15.4 Å². The molecule has 3 aromatic carbocycles. The summed E-state index contributed by atoms with van der Waals surface area (Å²) < 4.78 is 51.6. The van der Waals surface area contributed by atoms with Crippen molar-refractivity contribution in [1.82, 2.24) is 10.2 Å². The first kappa shape index (κ1) is 36.0. The van der Waals surface area contributed by atoms with Gasteiger partial charge in [-0.05, 0) is 69.5 Å². The van der Waals surface area contributed by atoms with Gasteiger partial charge < -0.3 is 29.2 Å². The third kappa shape index (κ3) is 8.42. The summed E-state index contributed by atoms with van der Waals surface area (Å²) in [5, 5.41) is 2.98. The van der Waals surface area contributed by atoms with Crippen molar-refractivity contribution < 1.29 is 37.0 Å². The molecular weight excluding hydrogens is 610 g/mol. The largest absolute Gasteiger partial charge is 0.497 e. The zero-order valence-electron chi connectivity index (χ0n) is 28.0. The maximum atomic E-state index is 14.5. The lowest BCUT2D eigenvalue weighted by atomic mass is 10.0. The van der Waals surface area contributed by atoms with E-state index in [2.05, 4.69) is 5.32 Å². The number of sulfonamides is 1. The Balaban J connectivity index is 2.22. The number of carbonyl (C=O) groups is 2. The molecule has 0 aliphatic rings. The average molecular weight is 656 g/mol. The topological polar surface area (TPSA) is 124 Å². The van der Waals surface area contributed by atoms with Gasteiger partial charge in [0.15, 0.2) is 11.5 Å². The highest BCUT2D eigenvalue weighted by Gasteiger charge is 2.36. The second-order valence-electron chi connectivity index (χ2n) is 11.7. The third-order valence-corrected chi connectivity index (χ3v) is 9.12. The monoisotopic (exact) mass is 655 g/mol. The van der Waals surface area contributed by atoms with E-state index in [1.54, 1.807) is 12.1 Å². The van der Waals surface area contributed by atoms with E-state index in [0.29, 0.717) is 17.9 Å². The van der Waals surface area contributed by atoms with Crippen LogP contribution in [0, 0.1) is 6.92 Å². The number of benzene rings is 3. The van der Waals surface area contributed by atoms with Crippen molar-refractivity contribution in [3.63, 3.8) is 0 Å². The van der Waals surface area contributed by atoms with Gasteiger partial charge in [0.25, 0.3) is 10.0 Å². The summed E-state index contributed by atoms with van der Waals surface area (Å²) in [6.07, 6.45) is 0.296. The van der Waals surface area contributed by atoms with Crippen LogP contribution in [-0.4, -0.2) is 71.7 Å². The van der Waals surface area contributed by atoms with E-state index in [1.807, 2.05) is 58.9 Å². The number of carbonyl (C=O) groups excluding carboxylic acids is 2. The zero-order valence-corrected chi connectivity index (χ0v) is 28.9. The third-order valence-electron chi connectivity index (χ3n) is 7.36. The molecule has 11 nitrogen and oxygen atoms in total. The maximum Gasteiger partial charge on any atom is 0.265 e. The fourth-order valence-electron chi connectivity index (χ4n) is 4.95. The molecule has 250 valence electrons. The minimum Gasteiger partial charge on any atom is -0.497 e. The zero-order chi connectivity index (χ0) is 34.2. The molecule has 1 atom stereocenters. The molecule has 0 spiro atoms. The summed E-state index contributed by atoms with van der Waals surface area (Å²) >= 11 is 0. The first-order valence-corrected chi connectivity index (χ1v) is 16.3. The van der Waals surface area contributed by atoms with Gasteiger partial charge in [0.1, 0.15) is 24.1 Å². The number of nitrogens with one attached hydrogen (secondary N) is 1. The van der Waals surface area contributed by atoms with Gasteiger partial charge >= 0.3 is 0 Å². The second kappa shape index (κ2) is 15.2. The van der Waals surface area contributed by atoms with Crippen LogP contribution in [0.4, 0.5) is 5.69 Å². The highest BCUT2D eigenvalue weighted by Crippen LogP contribution is 2.38. The van der Waals surface area contributed by atoms with Crippen molar-refractivity contribution in [2.24, 2.45) is 0 Å². The van der Waals surface area contributed by atoms with Crippen molar-refractivity contribution in [2.45, 2.75) is 64.1 Å². The van der Waals surface area contributed by atoms with Crippen LogP contribution in [0.3, 0.4) is 0 Å². The van der Waals surface area contributed by atoms with Crippen LogP contribution >= 0.6 is 0 Å². The van der Waals surface area contributed by atoms with Gasteiger partial charge in [-0.15, -0.1) is 0 Å². The number of hydrogen-bond acceptors (Lipinski definition) is 8. The first-order chi connectivity index (χ1) is 21.7. The second-order valence-corrected chi connectivity index (χ2v) is 13.5. The number of methoxy groups -OCH3 is 4. The van der Waals surface area contributed by atoms with Crippen LogP contribution in [0.25, 0.3) is 0 Å². The van der Waals surface area contributed by atoms with Crippen LogP contribution in [-0.2, 0) is 26.2 Å². The number of rotatable bonds is 14. The molecule has 1 N–H and O–H groups in total. The predicted molar refractivity (Wildman–Crippen MR) is 177 cm³/mol. The van der Waals surface area contributed by atoms with Crippen LogP contribution in [0.15, 0.2) is 65.6 Å². The highest BCUT2D eigenvalue weighted by atomic mass is 32.2. The molecule has 0 unspecified atom stereocenters. The van der Waals surface area contributed by atoms with Crippen molar-refractivity contribution >= 4 is 27.5 Å². The van der Waals surface area contributed by atoms with Gasteiger partial charge in [-0.2, -0.15) is 0 Å². The summed E-state index contributed by atoms with van der Waals surface area (Å²) in [5.74, 6) is 0.143. The van der Waals surface area contributed by atoms with Crippen molar-refractivity contribution in [3.8, 4) is 23.0 Å². The molecule has 0 radical (unpaired) electrons. The molecule has 0 bridgehead atoms. The molecular formula is C34H45N3O8S. The summed E-state index contributed by atoms with van der Waals surface area (Å²) in [6.45, 7) is 8.75. The lowest BCUT2D eigenvalue weighted by molar-refractivity contribution is -0.141. The number of ether oxygens (including phenoxy) is 4. The smallest absolute Gasteiger partial charge is 0.265 e. The molecule has 0 fully saturated rings. The maximum absolute atomic E-state index is 14.5. The molecule has 12 heteroatoms. The van der Waals surface area contributed by atoms with Gasteiger partial charge in [0.2, 0.25) is 11.8 Å². The minimum atomic E-state index is -4.45. The van der Waals surface area contributed by atoms with Crippen LogP contribution in [0.1, 0.15) is 45.2 Å². The molecule has 46 heavy (non-hydrogen) atoms. The lowest BCUT2D eigenvalue weighted by Crippen LogP contribution is -2.55. The summed E-state index contributed by atoms with van der Waals surface area (Å²) in [5.41, 5.74) is 1.27. The normalized spacial score (nSPS) is 12.1. The van der Waals surface area contributed by atoms with E-state index in [9.17, 15) is 18.0 Å². The lowest BCUT2D eigenvalue weighted by Gasteiger charge is -2.35. The number of nitrogens with zero attached hydrogens (tertiary/aromatic N) is 2. The minimum absolute atomic E-state index is 0.0769. The van der Waals surface area contributed by atoms with Crippen LogP contribution in [0.2, 0.25) is 0 Å². The Kier molecular flexibility index (Phi) is 11.9. The van der Waals surface area contributed by atoms with Crippen molar-refractivity contribution in [3.05, 3.63) is 71.8 Å². The fraction of sp³-hybridized carbons (Fsp3) is 0.412. The Bertz CT molecular complexity index is 1640. The molecule has 3 rings (SSSR count). The Morgan fingerprint density at radius 3 is 2.04 bits per heavy atom. The summed E-state index contributed by atoms with van der Waals surface area (Å²) in [6, 6.07) is 15.5. The van der Waals surface area contributed by atoms with Gasteiger partial charge in [0.05, 0.1) is 39.0 Å². The van der Waals surface area contributed by atoms with E-state index < -0.39 is 34.1 Å². The van der Waals surface area contributed by atoms with E-state index in [4.69, 9.17) is 18.9 Å². The number of aryl methyl sites for hydroxylation is 1. The molecule has 0 aliphatic heterocycles. The molecule has 0 aliphatic carbocycles. The van der Waals surface area contributed by atoms with E-state index >= 15 is 0 Å². The molecule has 3 aromatic rings. The van der Waals surface area contributed by atoms with E-state index in [1.165, 1.54) is 57.6 Å². The molecule has 0 saturated heterocycles. The Labute approximate surface area is 272 Å².